The van der Waals surface area contributed by atoms with Crippen molar-refractivity contribution in [2.75, 3.05) is 0 Å². The molecule has 0 bridgehead atoms. The highest BCUT2D eigenvalue weighted by Gasteiger charge is 1.74. The van der Waals surface area contributed by atoms with E-state index in [9.17, 15) is 0 Å². The lowest BCUT2D eigenvalue weighted by Crippen LogP contribution is -1.93. The molecule has 0 aromatic carbocycles. The molecule has 0 aliphatic carbocycles. The summed E-state index contributed by atoms with van der Waals surface area (Å²) in [6, 6.07) is 0. The molecule has 0 fully saturated rings. The molecule has 0 atom stereocenters. The molecule has 1 nitrogen and oxygen atoms in total. The first-order chi connectivity index (χ1) is 1.73. The van der Waals surface area contributed by atoms with Crippen LogP contribution in [0.15, 0.2) is 0 Å². The predicted octanol–water partition coefficient (Wildman–Crippen LogP) is 0.598. The van der Waals surface area contributed by atoms with Crippen LogP contribution in [-0.4, -0.2) is 13.8 Å². The van der Waals surface area contributed by atoms with Gasteiger partial charge in [0.2, 0.25) is 0 Å². The highest BCUT2D eigenvalue weighted by atomic mass is 28.3. The largest absolute Gasteiger partial charge is 0.435 e. The highest BCUT2D eigenvalue weighted by Crippen LogP contribution is 1.60. The third kappa shape index (κ3) is 633. The summed E-state index contributed by atoms with van der Waals surface area (Å²) in [4.78, 5) is 8.19. The minimum atomic E-state index is -1.14. The summed E-state index contributed by atoms with van der Waals surface area (Å²) >= 11 is 0. The quantitative estimate of drug-likeness (QED) is 0.434. The molecule has 0 spiro atoms. The van der Waals surface area contributed by atoms with Gasteiger partial charge in [-0.1, -0.05) is 7.43 Å². The van der Waals surface area contributed by atoms with Gasteiger partial charge >= 0.3 is 0 Å². The first-order valence-corrected chi connectivity index (χ1v) is 4.24. The monoisotopic (exact) mass is 92.1 g/mol. The van der Waals surface area contributed by atoms with E-state index in [2.05, 4.69) is 0 Å². The Hall–Kier alpha value is 0.177. The van der Waals surface area contributed by atoms with Crippen LogP contribution in [0.2, 0.25) is 13.1 Å². The molecule has 0 amide bonds. The molecule has 2 heteroatoms. The third-order valence-electron chi connectivity index (χ3n) is 0. The van der Waals surface area contributed by atoms with Crippen LogP contribution in [0.4, 0.5) is 0 Å². The SMILES string of the molecule is C.C[SiH](C)O. The molecule has 0 aromatic heterocycles. The van der Waals surface area contributed by atoms with Gasteiger partial charge in [0.05, 0.1) is 0 Å². The van der Waals surface area contributed by atoms with Crippen LogP contribution >= 0.6 is 0 Å². The van der Waals surface area contributed by atoms with Crippen molar-refractivity contribution in [3.63, 3.8) is 0 Å². The second-order valence-corrected chi connectivity index (χ2v) is 3.28. The van der Waals surface area contributed by atoms with Crippen molar-refractivity contribution in [1.82, 2.24) is 0 Å². The van der Waals surface area contributed by atoms with E-state index < -0.39 is 9.04 Å². The predicted molar refractivity (Wildman–Crippen MR) is 27.8 cm³/mol. The third-order valence-corrected chi connectivity index (χ3v) is 0. The van der Waals surface area contributed by atoms with Crippen LogP contribution in [0, 0.1) is 0 Å². The maximum atomic E-state index is 8.19. The molecule has 0 heterocycles. The van der Waals surface area contributed by atoms with Crippen LogP contribution in [-0.2, 0) is 0 Å². The Morgan fingerprint density at radius 2 is 1.40 bits per heavy atom. The van der Waals surface area contributed by atoms with Gasteiger partial charge in [-0.25, -0.2) is 0 Å². The van der Waals surface area contributed by atoms with Crippen molar-refractivity contribution >= 4 is 9.04 Å². The van der Waals surface area contributed by atoms with E-state index in [1.165, 1.54) is 0 Å². The van der Waals surface area contributed by atoms with Gasteiger partial charge in [0.15, 0.2) is 9.04 Å². The summed E-state index contributed by atoms with van der Waals surface area (Å²) < 4.78 is 0. The molecule has 0 aromatic rings. The normalized spacial score (nSPS) is 7.20. The van der Waals surface area contributed by atoms with Gasteiger partial charge in [-0.05, 0) is 13.1 Å². The summed E-state index contributed by atoms with van der Waals surface area (Å²) in [5.74, 6) is 0. The Bertz CT molecular complexity index is 11.6. The standard InChI is InChI=1S/C2H8OSi.CH4/c1-4(2)3;/h3-4H,1-2H3;1H4. The van der Waals surface area contributed by atoms with E-state index in [0.717, 1.165) is 0 Å². The van der Waals surface area contributed by atoms with E-state index in [0.29, 0.717) is 0 Å². The van der Waals surface area contributed by atoms with Crippen molar-refractivity contribution < 1.29 is 4.80 Å². The van der Waals surface area contributed by atoms with Gasteiger partial charge in [-0.15, -0.1) is 0 Å². The fourth-order valence-electron chi connectivity index (χ4n) is 0. The molecular formula is C3H12OSi. The Morgan fingerprint density at radius 3 is 1.40 bits per heavy atom. The van der Waals surface area contributed by atoms with Gasteiger partial charge in [-0.2, -0.15) is 0 Å². The average molecular weight is 92.2 g/mol. The van der Waals surface area contributed by atoms with Crippen molar-refractivity contribution in [3.05, 3.63) is 0 Å². The van der Waals surface area contributed by atoms with Crippen LogP contribution in [0.1, 0.15) is 7.43 Å². The molecule has 0 rings (SSSR count). The Kier molecular flexibility index (Phi) is 7.48. The van der Waals surface area contributed by atoms with Crippen molar-refractivity contribution in [3.8, 4) is 0 Å². The van der Waals surface area contributed by atoms with E-state index in [-0.39, 0.29) is 7.43 Å². The van der Waals surface area contributed by atoms with Gasteiger partial charge in [-0.3, -0.25) is 0 Å². The Balaban J connectivity index is 0. The van der Waals surface area contributed by atoms with Gasteiger partial charge in [0.25, 0.3) is 0 Å². The summed E-state index contributed by atoms with van der Waals surface area (Å²) in [7, 11) is -1.14. The first kappa shape index (κ1) is 8.95. The summed E-state index contributed by atoms with van der Waals surface area (Å²) in [5, 5.41) is 0. The lowest BCUT2D eigenvalue weighted by atomic mass is 11.9. The first-order valence-electron chi connectivity index (χ1n) is 1.41. The lowest BCUT2D eigenvalue weighted by molar-refractivity contribution is 0.587. The van der Waals surface area contributed by atoms with Crippen LogP contribution < -0.4 is 0 Å². The molecule has 1 N–H and O–H groups in total. The molecule has 0 aliphatic heterocycles. The fourth-order valence-corrected chi connectivity index (χ4v) is 0. The smallest absolute Gasteiger partial charge is 0.166 e. The number of hydrogen-bond acceptors (Lipinski definition) is 1. The number of rotatable bonds is 0. The molecule has 5 heavy (non-hydrogen) atoms. The van der Waals surface area contributed by atoms with E-state index >= 15 is 0 Å². The Labute approximate surface area is 35.4 Å². The molecule has 0 saturated heterocycles. The lowest BCUT2D eigenvalue weighted by Gasteiger charge is -1.76. The zero-order chi connectivity index (χ0) is 3.58. The van der Waals surface area contributed by atoms with Crippen LogP contribution in [0.25, 0.3) is 0 Å². The van der Waals surface area contributed by atoms with Crippen molar-refractivity contribution in [2.24, 2.45) is 0 Å². The topological polar surface area (TPSA) is 20.2 Å². The van der Waals surface area contributed by atoms with Crippen LogP contribution in [0.3, 0.4) is 0 Å². The highest BCUT2D eigenvalue weighted by molar-refractivity contribution is 6.46. The second kappa shape index (κ2) is 4.18. The minimum absolute atomic E-state index is 0. The fraction of sp³-hybridized carbons (Fsp3) is 1.00. The van der Waals surface area contributed by atoms with Gasteiger partial charge < -0.3 is 4.80 Å². The van der Waals surface area contributed by atoms with E-state index in [4.69, 9.17) is 4.80 Å². The van der Waals surface area contributed by atoms with E-state index in [1.807, 2.05) is 13.1 Å². The minimum Gasteiger partial charge on any atom is -0.435 e. The zero-order valence-corrected chi connectivity index (χ0v) is 4.18. The summed E-state index contributed by atoms with van der Waals surface area (Å²) in [6.07, 6.45) is 0. The molecule has 34 valence electrons. The molecular weight excluding hydrogens is 80.1 g/mol. The van der Waals surface area contributed by atoms with Gasteiger partial charge in [0, 0.05) is 0 Å². The molecule has 0 unspecified atom stereocenters. The summed E-state index contributed by atoms with van der Waals surface area (Å²) in [6.45, 7) is 3.72. The van der Waals surface area contributed by atoms with E-state index in [1.54, 1.807) is 0 Å². The number of hydrogen-bond donors (Lipinski definition) is 1. The zero-order valence-electron chi connectivity index (χ0n) is 3.02. The molecule has 0 radical (unpaired) electrons. The van der Waals surface area contributed by atoms with Crippen molar-refractivity contribution in [1.29, 1.82) is 0 Å². The molecule has 0 saturated carbocycles. The summed E-state index contributed by atoms with van der Waals surface area (Å²) in [5.41, 5.74) is 0. The maximum absolute atomic E-state index is 8.19. The Morgan fingerprint density at radius 1 is 1.40 bits per heavy atom. The second-order valence-electron chi connectivity index (χ2n) is 1.09. The van der Waals surface area contributed by atoms with Crippen LogP contribution in [0.5, 0.6) is 0 Å². The van der Waals surface area contributed by atoms with Crippen molar-refractivity contribution in [2.45, 2.75) is 20.5 Å². The van der Waals surface area contributed by atoms with Gasteiger partial charge in [0.1, 0.15) is 0 Å². The molecule has 0 aliphatic rings. The maximum Gasteiger partial charge on any atom is 0.166 e. The average Bonchev–Trinajstić information content (AvgIpc) is 0.811.